The zero-order chi connectivity index (χ0) is 11.5. The molecule has 0 aromatic heterocycles. The molecule has 82 valence electrons. The first-order valence-corrected chi connectivity index (χ1v) is 4.90. The first-order chi connectivity index (χ1) is 6.92. The quantitative estimate of drug-likeness (QED) is 0.829. The van der Waals surface area contributed by atoms with Gasteiger partial charge in [-0.1, -0.05) is 29.8 Å². The van der Waals surface area contributed by atoms with E-state index in [0.717, 1.165) is 18.1 Å². The molecule has 0 amide bonds. The predicted octanol–water partition coefficient (Wildman–Crippen LogP) is 2.74. The maximum absolute atomic E-state index is 13.4. The normalized spacial score (nSPS) is 14.6. The zero-order valence-electron chi connectivity index (χ0n) is 8.96. The summed E-state index contributed by atoms with van der Waals surface area (Å²) in [5.74, 6) is -1.39. The number of aryl methyl sites for hydroxylation is 2. The van der Waals surface area contributed by atoms with E-state index in [1.165, 1.54) is 0 Å². The third-order valence-electron chi connectivity index (χ3n) is 2.45. The van der Waals surface area contributed by atoms with Gasteiger partial charge in [-0.3, -0.25) is 0 Å². The van der Waals surface area contributed by atoms with Gasteiger partial charge in [0.05, 0.1) is 0 Å². The summed E-state index contributed by atoms with van der Waals surface area (Å²) in [5, 5.41) is 8.59. The lowest BCUT2D eigenvalue weighted by atomic mass is 9.98. The van der Waals surface area contributed by atoms with Gasteiger partial charge in [-0.2, -0.15) is 0 Å². The minimum Gasteiger partial charge on any atom is -0.479 e. The van der Waals surface area contributed by atoms with Crippen LogP contribution in [0, 0.1) is 6.92 Å². The molecule has 1 rings (SSSR count). The van der Waals surface area contributed by atoms with Gasteiger partial charge < -0.3 is 5.11 Å². The predicted molar refractivity (Wildman–Crippen MR) is 56.6 cm³/mol. The Balaban J connectivity index is 2.57. The van der Waals surface area contributed by atoms with Crippen molar-refractivity contribution in [2.24, 2.45) is 0 Å². The summed E-state index contributed by atoms with van der Waals surface area (Å²) < 4.78 is 13.4. The topological polar surface area (TPSA) is 37.3 Å². The lowest BCUT2D eigenvalue weighted by Crippen LogP contribution is -2.30. The first-order valence-electron chi connectivity index (χ1n) is 4.90. The average Bonchev–Trinajstić information content (AvgIpc) is 2.17. The van der Waals surface area contributed by atoms with E-state index in [0.29, 0.717) is 6.42 Å². The summed E-state index contributed by atoms with van der Waals surface area (Å²) >= 11 is 0. The molecule has 15 heavy (non-hydrogen) atoms. The van der Waals surface area contributed by atoms with Crippen molar-refractivity contribution >= 4 is 5.97 Å². The van der Waals surface area contributed by atoms with E-state index >= 15 is 0 Å². The smallest absolute Gasteiger partial charge is 0.341 e. The fourth-order valence-corrected chi connectivity index (χ4v) is 1.24. The van der Waals surface area contributed by atoms with Crippen LogP contribution in [0.5, 0.6) is 0 Å². The van der Waals surface area contributed by atoms with E-state index in [2.05, 4.69) is 0 Å². The molecule has 1 N–H and O–H groups in total. The summed E-state index contributed by atoms with van der Waals surface area (Å²) in [6.45, 7) is 3.07. The number of hydrogen-bond donors (Lipinski definition) is 1. The second-order valence-corrected chi connectivity index (χ2v) is 3.99. The van der Waals surface area contributed by atoms with Crippen molar-refractivity contribution < 1.29 is 14.3 Å². The molecule has 0 fully saturated rings. The second-order valence-electron chi connectivity index (χ2n) is 3.99. The van der Waals surface area contributed by atoms with Gasteiger partial charge >= 0.3 is 5.97 Å². The monoisotopic (exact) mass is 210 g/mol. The highest BCUT2D eigenvalue weighted by Gasteiger charge is 2.31. The molecule has 0 aliphatic carbocycles. The lowest BCUT2D eigenvalue weighted by molar-refractivity contribution is -0.150. The summed E-state index contributed by atoms with van der Waals surface area (Å²) in [7, 11) is 0. The fraction of sp³-hybridized carbons (Fsp3) is 0.417. The molecule has 0 bridgehead atoms. The van der Waals surface area contributed by atoms with Gasteiger partial charge in [-0.15, -0.1) is 0 Å². The van der Waals surface area contributed by atoms with Gasteiger partial charge in [-0.25, -0.2) is 9.18 Å². The molecular weight excluding hydrogens is 195 g/mol. The van der Waals surface area contributed by atoms with Gasteiger partial charge in [0.2, 0.25) is 5.67 Å². The number of alkyl halides is 1. The molecule has 0 aliphatic rings. The number of halogens is 1. The molecule has 0 saturated heterocycles. The third kappa shape index (κ3) is 3.35. The summed E-state index contributed by atoms with van der Waals surface area (Å²) in [5.41, 5.74) is -0.0315. The molecule has 2 nitrogen and oxygen atoms in total. The summed E-state index contributed by atoms with van der Waals surface area (Å²) in [6.07, 6.45) is 0.449. The molecule has 1 aromatic carbocycles. The summed E-state index contributed by atoms with van der Waals surface area (Å²) in [6, 6.07) is 7.66. The molecule has 1 atom stereocenters. The lowest BCUT2D eigenvalue weighted by Gasteiger charge is -2.14. The Labute approximate surface area is 88.7 Å². The van der Waals surface area contributed by atoms with Crippen molar-refractivity contribution in [1.82, 2.24) is 0 Å². The molecule has 1 unspecified atom stereocenters. The van der Waals surface area contributed by atoms with Crippen molar-refractivity contribution in [3.05, 3.63) is 35.4 Å². The van der Waals surface area contributed by atoms with Crippen LogP contribution < -0.4 is 0 Å². The Morgan fingerprint density at radius 3 is 2.40 bits per heavy atom. The van der Waals surface area contributed by atoms with Gasteiger partial charge in [0.1, 0.15) is 0 Å². The van der Waals surface area contributed by atoms with E-state index in [1.54, 1.807) is 0 Å². The largest absolute Gasteiger partial charge is 0.479 e. The van der Waals surface area contributed by atoms with Crippen LogP contribution in [-0.4, -0.2) is 16.7 Å². The molecule has 1 aromatic rings. The van der Waals surface area contributed by atoms with Gasteiger partial charge in [-0.05, 0) is 32.3 Å². The van der Waals surface area contributed by atoms with Crippen LogP contribution in [0.4, 0.5) is 4.39 Å². The van der Waals surface area contributed by atoms with Crippen molar-refractivity contribution in [2.45, 2.75) is 32.4 Å². The van der Waals surface area contributed by atoms with Crippen LogP contribution >= 0.6 is 0 Å². The minimum absolute atomic E-state index is 0.00535. The summed E-state index contributed by atoms with van der Waals surface area (Å²) in [4.78, 5) is 10.5. The molecule has 0 radical (unpaired) electrons. The Kier molecular flexibility index (Phi) is 3.45. The van der Waals surface area contributed by atoms with Crippen molar-refractivity contribution in [3.8, 4) is 0 Å². The minimum atomic E-state index is -2.13. The highest BCUT2D eigenvalue weighted by atomic mass is 19.1. The Hall–Kier alpha value is -1.38. The number of carboxylic acids is 1. The number of hydrogen-bond acceptors (Lipinski definition) is 1. The maximum Gasteiger partial charge on any atom is 0.341 e. The van der Waals surface area contributed by atoms with E-state index in [4.69, 9.17) is 5.11 Å². The Bertz CT molecular complexity index is 341. The van der Waals surface area contributed by atoms with Gasteiger partial charge in [0, 0.05) is 0 Å². The first kappa shape index (κ1) is 11.7. The Morgan fingerprint density at radius 2 is 1.93 bits per heavy atom. The van der Waals surface area contributed by atoms with E-state index in [1.807, 2.05) is 31.2 Å². The molecular formula is C12H15FO2. The average molecular weight is 210 g/mol. The van der Waals surface area contributed by atoms with Crippen molar-refractivity contribution in [1.29, 1.82) is 0 Å². The number of benzene rings is 1. The number of carbonyl (C=O) groups is 1. The zero-order valence-corrected chi connectivity index (χ0v) is 8.96. The standard InChI is InChI=1S/C12H15FO2/c1-9-3-5-10(6-4-9)7-8-12(2,13)11(14)15/h3-6H,7-8H2,1-2H3,(H,14,15). The second kappa shape index (κ2) is 4.43. The highest BCUT2D eigenvalue weighted by molar-refractivity contribution is 5.76. The van der Waals surface area contributed by atoms with Crippen LogP contribution in [0.25, 0.3) is 0 Å². The SMILES string of the molecule is Cc1ccc(CCC(C)(F)C(=O)O)cc1. The number of rotatable bonds is 4. The van der Waals surface area contributed by atoms with E-state index in [9.17, 15) is 9.18 Å². The van der Waals surface area contributed by atoms with Gasteiger partial charge in [0.15, 0.2) is 0 Å². The molecule has 0 aliphatic heterocycles. The number of aliphatic carboxylic acids is 1. The third-order valence-corrected chi connectivity index (χ3v) is 2.45. The maximum atomic E-state index is 13.4. The fourth-order valence-electron chi connectivity index (χ4n) is 1.24. The van der Waals surface area contributed by atoms with Crippen LogP contribution in [0.3, 0.4) is 0 Å². The van der Waals surface area contributed by atoms with Crippen LogP contribution in [-0.2, 0) is 11.2 Å². The Morgan fingerprint density at radius 1 is 1.40 bits per heavy atom. The molecule has 0 spiro atoms. The van der Waals surface area contributed by atoms with E-state index in [-0.39, 0.29) is 6.42 Å². The van der Waals surface area contributed by atoms with Crippen molar-refractivity contribution in [2.75, 3.05) is 0 Å². The van der Waals surface area contributed by atoms with Crippen molar-refractivity contribution in [3.63, 3.8) is 0 Å². The van der Waals surface area contributed by atoms with Crippen LogP contribution in [0.1, 0.15) is 24.5 Å². The highest BCUT2D eigenvalue weighted by Crippen LogP contribution is 2.19. The number of carboxylic acid groups (broad SMARTS) is 1. The molecule has 0 saturated carbocycles. The van der Waals surface area contributed by atoms with Crippen LogP contribution in [0.15, 0.2) is 24.3 Å². The molecule has 3 heteroatoms. The van der Waals surface area contributed by atoms with Gasteiger partial charge in [0.25, 0.3) is 0 Å². The van der Waals surface area contributed by atoms with Crippen LogP contribution in [0.2, 0.25) is 0 Å². The molecule has 0 heterocycles. The van der Waals surface area contributed by atoms with E-state index < -0.39 is 11.6 Å².